The first-order chi connectivity index (χ1) is 23.2. The molecule has 0 bridgehead atoms. The summed E-state index contributed by atoms with van der Waals surface area (Å²) in [7, 11) is 0. The molecule has 0 amide bonds. The Labute approximate surface area is 276 Å². The van der Waals surface area contributed by atoms with Gasteiger partial charge in [0.05, 0.1) is 11.0 Å². The molecule has 0 atom stereocenters. The van der Waals surface area contributed by atoms with E-state index in [-0.39, 0.29) is 5.84 Å². The lowest BCUT2D eigenvalue weighted by atomic mass is 9.94. The molecule has 9 rings (SSSR count). The molecule has 1 aromatic heterocycles. The molecule has 4 nitrogen and oxygen atoms in total. The van der Waals surface area contributed by atoms with E-state index in [0.717, 1.165) is 27.5 Å². The van der Waals surface area contributed by atoms with Crippen LogP contribution >= 0.6 is 11.8 Å². The fourth-order valence-electron chi connectivity index (χ4n) is 6.75. The van der Waals surface area contributed by atoms with Gasteiger partial charge in [0.15, 0.2) is 11.7 Å². The van der Waals surface area contributed by atoms with Crippen LogP contribution in [0.25, 0.3) is 54.8 Å². The van der Waals surface area contributed by atoms with Crippen LogP contribution in [-0.2, 0) is 0 Å². The van der Waals surface area contributed by atoms with Crippen LogP contribution in [0.1, 0.15) is 11.1 Å². The van der Waals surface area contributed by atoms with Gasteiger partial charge in [0.2, 0.25) is 0 Å². The lowest BCUT2D eigenvalue weighted by molar-refractivity contribution is 1.06. The normalized spacial score (nSPS) is 12.4. The van der Waals surface area contributed by atoms with Crippen molar-refractivity contribution in [3.8, 4) is 22.3 Å². The van der Waals surface area contributed by atoms with Crippen LogP contribution in [0.4, 0.5) is 0 Å². The zero-order valence-electron chi connectivity index (χ0n) is 25.3. The summed E-state index contributed by atoms with van der Waals surface area (Å²) in [5, 5.41) is 13.7. The van der Waals surface area contributed by atoms with E-state index in [2.05, 4.69) is 107 Å². The summed E-state index contributed by atoms with van der Waals surface area (Å²) in [6.07, 6.45) is 0. The number of aromatic nitrogens is 1. The van der Waals surface area contributed by atoms with E-state index >= 15 is 0 Å². The number of nitrogens with one attached hydrogen (secondary N) is 2. The van der Waals surface area contributed by atoms with Crippen LogP contribution < -0.4 is 5.43 Å². The fourth-order valence-corrected chi connectivity index (χ4v) is 7.99. The second-order valence-electron chi connectivity index (χ2n) is 11.7. The molecule has 0 aliphatic carbocycles. The Bertz CT molecular complexity index is 2530. The number of benzene rings is 7. The molecule has 2 heterocycles. The van der Waals surface area contributed by atoms with Crippen molar-refractivity contribution in [2.75, 3.05) is 5.43 Å². The largest absolute Gasteiger partial charge is 0.282 e. The van der Waals surface area contributed by atoms with Gasteiger partial charge in [-0.2, -0.15) is 0 Å². The number of hydrogen-bond donors (Lipinski definition) is 2. The van der Waals surface area contributed by atoms with Crippen molar-refractivity contribution in [1.82, 2.24) is 4.68 Å². The molecule has 0 radical (unpaired) electrons. The van der Waals surface area contributed by atoms with Crippen molar-refractivity contribution in [2.45, 2.75) is 9.79 Å². The highest BCUT2D eigenvalue weighted by atomic mass is 32.2. The van der Waals surface area contributed by atoms with Crippen molar-refractivity contribution < 1.29 is 0 Å². The molecule has 8 aromatic rings. The van der Waals surface area contributed by atoms with E-state index in [4.69, 9.17) is 10.4 Å². The van der Waals surface area contributed by atoms with Gasteiger partial charge in [-0.25, -0.2) is 4.99 Å². The van der Waals surface area contributed by atoms with E-state index in [0.29, 0.717) is 5.84 Å². The van der Waals surface area contributed by atoms with E-state index in [1.165, 1.54) is 48.2 Å². The zero-order valence-corrected chi connectivity index (χ0v) is 26.1. The Kier molecular flexibility index (Phi) is 6.51. The van der Waals surface area contributed by atoms with Crippen molar-refractivity contribution in [3.05, 3.63) is 169 Å². The van der Waals surface area contributed by atoms with Crippen LogP contribution in [-0.4, -0.2) is 16.3 Å². The number of nitrogens with zero attached hydrogens (tertiary/aromatic N) is 2. The number of hydrogen-bond acceptors (Lipinski definition) is 2. The Morgan fingerprint density at radius 3 is 1.98 bits per heavy atom. The summed E-state index contributed by atoms with van der Waals surface area (Å²) in [6.45, 7) is 0. The number of fused-ring (bicyclic) bond motifs is 11. The van der Waals surface area contributed by atoms with Gasteiger partial charge in [0, 0.05) is 31.7 Å². The highest BCUT2D eigenvalue weighted by Gasteiger charge is 2.26. The number of amidine groups is 2. The summed E-state index contributed by atoms with van der Waals surface area (Å²) in [5.74, 6) is 0.794. The van der Waals surface area contributed by atoms with Gasteiger partial charge in [0.25, 0.3) is 0 Å². The summed E-state index contributed by atoms with van der Waals surface area (Å²) in [5.41, 5.74) is 12.4. The molecular weight excluding hydrogens is 593 g/mol. The quantitative estimate of drug-likeness (QED) is 0.153. The molecule has 1 aliphatic rings. The monoisotopic (exact) mass is 620 g/mol. The fraction of sp³-hybridized carbons (Fsp3) is 0. The van der Waals surface area contributed by atoms with Crippen LogP contribution in [0.2, 0.25) is 0 Å². The van der Waals surface area contributed by atoms with Crippen LogP contribution in [0, 0.1) is 5.41 Å². The summed E-state index contributed by atoms with van der Waals surface area (Å²) in [4.78, 5) is 7.33. The lowest BCUT2D eigenvalue weighted by Gasteiger charge is -2.17. The second-order valence-corrected chi connectivity index (χ2v) is 12.7. The van der Waals surface area contributed by atoms with Gasteiger partial charge in [-0.1, -0.05) is 157 Å². The zero-order chi connectivity index (χ0) is 31.3. The molecule has 1 aliphatic heterocycles. The smallest absolute Gasteiger partial charge is 0.154 e. The molecule has 7 aromatic carbocycles. The maximum atomic E-state index is 8.97. The first-order valence-corrected chi connectivity index (χ1v) is 16.5. The summed E-state index contributed by atoms with van der Waals surface area (Å²) in [6, 6.07) is 54.7. The average molecular weight is 621 g/mol. The minimum Gasteiger partial charge on any atom is -0.282 e. The van der Waals surface area contributed by atoms with Gasteiger partial charge >= 0.3 is 0 Å². The van der Waals surface area contributed by atoms with Crippen molar-refractivity contribution in [3.63, 3.8) is 0 Å². The minimum atomic E-state index is 0.194. The molecule has 222 valence electrons. The van der Waals surface area contributed by atoms with Crippen molar-refractivity contribution in [1.29, 1.82) is 5.41 Å². The highest BCUT2D eigenvalue weighted by molar-refractivity contribution is 7.99. The first kappa shape index (κ1) is 27.4. The summed E-state index contributed by atoms with van der Waals surface area (Å²) < 4.78 is 2.20. The van der Waals surface area contributed by atoms with Crippen LogP contribution in [0.5, 0.6) is 0 Å². The molecule has 2 N–H and O–H groups in total. The Morgan fingerprint density at radius 1 is 0.553 bits per heavy atom. The Morgan fingerprint density at radius 2 is 1.19 bits per heavy atom. The average Bonchev–Trinajstić information content (AvgIpc) is 3.38. The first-order valence-electron chi connectivity index (χ1n) is 15.7. The van der Waals surface area contributed by atoms with Crippen LogP contribution in [0.15, 0.2) is 173 Å². The van der Waals surface area contributed by atoms with Gasteiger partial charge in [-0.05, 0) is 45.2 Å². The van der Waals surface area contributed by atoms with Gasteiger partial charge in [-0.3, -0.25) is 15.5 Å². The molecular formula is C42H28N4S. The second kappa shape index (κ2) is 11.2. The predicted octanol–water partition coefficient (Wildman–Crippen LogP) is 10.8. The SMILES string of the molecule is N=C(N=C(Nn1c2ccc3ccccc3c2c2ccc3c(c21)Sc1ccccc1-c1ccccc1-3)c1ccccc1)c1ccccc1. The van der Waals surface area contributed by atoms with Gasteiger partial charge < -0.3 is 0 Å². The maximum absolute atomic E-state index is 8.97. The predicted molar refractivity (Wildman–Crippen MR) is 198 cm³/mol. The molecule has 0 spiro atoms. The van der Waals surface area contributed by atoms with Gasteiger partial charge in [0.1, 0.15) is 0 Å². The number of rotatable bonds is 3. The van der Waals surface area contributed by atoms with Crippen molar-refractivity contribution >= 4 is 56.0 Å². The molecule has 0 saturated carbocycles. The number of aliphatic imine (C=N–C) groups is 1. The van der Waals surface area contributed by atoms with E-state index < -0.39 is 0 Å². The van der Waals surface area contributed by atoms with E-state index in [9.17, 15) is 0 Å². The van der Waals surface area contributed by atoms with E-state index in [1.54, 1.807) is 0 Å². The maximum Gasteiger partial charge on any atom is 0.154 e. The van der Waals surface area contributed by atoms with Gasteiger partial charge in [-0.15, -0.1) is 0 Å². The third-order valence-corrected chi connectivity index (χ3v) is 10.1. The standard InChI is InChI=1S/C42H28N4S/c43-41(28-14-3-1-4-15-28)44-42(29-16-5-2-6-17-29)45-46-36-26-23-27-13-7-8-18-30(27)38(36)35-25-24-34-32-20-10-9-19-31(32)33-21-11-12-22-37(33)47-40(34)39(35)46/h1-26H,(H2,43,44,45). The minimum absolute atomic E-state index is 0.194. The van der Waals surface area contributed by atoms with Crippen LogP contribution in [0.3, 0.4) is 0 Å². The van der Waals surface area contributed by atoms with E-state index in [1.807, 2.05) is 72.4 Å². The third-order valence-electron chi connectivity index (χ3n) is 8.91. The molecule has 5 heteroatoms. The molecule has 0 saturated heterocycles. The third kappa shape index (κ3) is 4.55. The molecule has 47 heavy (non-hydrogen) atoms. The summed E-state index contributed by atoms with van der Waals surface area (Å²) >= 11 is 1.81. The Hall–Kier alpha value is -5.91. The Balaban J connectivity index is 1.37. The molecule has 0 unspecified atom stereocenters. The topological polar surface area (TPSA) is 53.2 Å². The lowest BCUT2D eigenvalue weighted by Crippen LogP contribution is -2.25. The van der Waals surface area contributed by atoms with Crippen molar-refractivity contribution in [2.24, 2.45) is 4.99 Å². The highest BCUT2D eigenvalue weighted by Crippen LogP contribution is 2.51. The molecule has 0 fully saturated rings.